The number of benzene rings is 2. The molecule has 0 spiro atoms. The highest BCUT2D eigenvalue weighted by Gasteiger charge is 2.17. The second kappa shape index (κ2) is 6.87. The number of allylic oxidation sites excluding steroid dienone is 1. The van der Waals surface area contributed by atoms with Crippen LogP contribution in [0.5, 0.6) is 5.75 Å². The number of rotatable bonds is 5. The van der Waals surface area contributed by atoms with Gasteiger partial charge < -0.3 is 4.74 Å². The van der Waals surface area contributed by atoms with Gasteiger partial charge in [-0.25, -0.2) is 0 Å². The average molecular weight is 318 g/mol. The van der Waals surface area contributed by atoms with Crippen molar-refractivity contribution in [3.63, 3.8) is 0 Å². The number of nitro benzene ring substituents is 1. The van der Waals surface area contributed by atoms with E-state index in [1.54, 1.807) is 30.3 Å². The third kappa shape index (κ3) is 3.71. The molecule has 0 saturated heterocycles. The Morgan fingerprint density at radius 1 is 1.23 bits per heavy atom. The van der Waals surface area contributed by atoms with Gasteiger partial charge in [0.15, 0.2) is 11.5 Å². The first-order valence-electron chi connectivity index (χ1n) is 6.31. The van der Waals surface area contributed by atoms with Crippen molar-refractivity contribution in [3.05, 3.63) is 74.8 Å². The highest BCUT2D eigenvalue weighted by Crippen LogP contribution is 2.27. The Hall–Kier alpha value is -2.66. The topological polar surface area (TPSA) is 69.4 Å². The zero-order chi connectivity index (χ0) is 16.1. The molecule has 0 aliphatic rings. The van der Waals surface area contributed by atoms with Crippen LogP contribution in [-0.2, 0) is 0 Å². The van der Waals surface area contributed by atoms with E-state index in [-0.39, 0.29) is 22.8 Å². The maximum Gasteiger partial charge on any atom is 0.311 e. The smallest absolute Gasteiger partial charge is 0.311 e. The van der Waals surface area contributed by atoms with E-state index in [4.69, 9.17) is 16.3 Å². The molecular formula is C16H12ClNO4. The molecule has 112 valence electrons. The van der Waals surface area contributed by atoms with E-state index in [0.717, 1.165) is 5.56 Å². The zero-order valence-corrected chi connectivity index (χ0v) is 12.4. The SMILES string of the molecule is COc1ccc(C(=O)C=Cc2ccc(Cl)cc2)cc1[N+](=O)[O-]. The van der Waals surface area contributed by atoms with Gasteiger partial charge in [0.2, 0.25) is 0 Å². The number of ketones is 1. The molecule has 6 heteroatoms. The van der Waals surface area contributed by atoms with Gasteiger partial charge in [0, 0.05) is 16.7 Å². The normalized spacial score (nSPS) is 10.6. The third-order valence-corrected chi connectivity index (χ3v) is 3.21. The molecule has 0 aliphatic carbocycles. The Balaban J connectivity index is 2.24. The maximum absolute atomic E-state index is 12.1. The van der Waals surface area contributed by atoms with E-state index in [0.29, 0.717) is 5.02 Å². The van der Waals surface area contributed by atoms with E-state index in [1.807, 2.05) is 0 Å². The fourth-order valence-corrected chi connectivity index (χ4v) is 1.95. The van der Waals surface area contributed by atoms with E-state index in [2.05, 4.69) is 0 Å². The fourth-order valence-electron chi connectivity index (χ4n) is 1.83. The minimum Gasteiger partial charge on any atom is -0.490 e. The number of hydrogen-bond donors (Lipinski definition) is 0. The molecule has 5 nitrogen and oxygen atoms in total. The number of nitrogens with zero attached hydrogens (tertiary/aromatic N) is 1. The van der Waals surface area contributed by atoms with Crippen molar-refractivity contribution in [1.82, 2.24) is 0 Å². The minimum absolute atomic E-state index is 0.114. The lowest BCUT2D eigenvalue weighted by atomic mass is 10.1. The molecule has 0 bridgehead atoms. The highest BCUT2D eigenvalue weighted by atomic mass is 35.5. The lowest BCUT2D eigenvalue weighted by Crippen LogP contribution is -1.99. The lowest BCUT2D eigenvalue weighted by molar-refractivity contribution is -0.385. The van der Waals surface area contributed by atoms with Crippen LogP contribution in [0.4, 0.5) is 5.69 Å². The Labute approximate surface area is 131 Å². The Bertz CT molecular complexity index is 738. The monoisotopic (exact) mass is 317 g/mol. The summed E-state index contributed by atoms with van der Waals surface area (Å²) in [5.74, 6) is -0.219. The van der Waals surface area contributed by atoms with E-state index >= 15 is 0 Å². The number of ether oxygens (including phenoxy) is 1. The Morgan fingerprint density at radius 3 is 2.50 bits per heavy atom. The van der Waals surface area contributed by atoms with Gasteiger partial charge in [-0.15, -0.1) is 0 Å². The van der Waals surface area contributed by atoms with Crippen molar-refractivity contribution < 1.29 is 14.5 Å². The fraction of sp³-hybridized carbons (Fsp3) is 0.0625. The summed E-state index contributed by atoms with van der Waals surface area (Å²) in [6.45, 7) is 0. The van der Waals surface area contributed by atoms with Crippen molar-refractivity contribution in [3.8, 4) is 5.75 Å². The van der Waals surface area contributed by atoms with Gasteiger partial charge in [0.25, 0.3) is 0 Å². The van der Waals surface area contributed by atoms with Crippen molar-refractivity contribution in [2.45, 2.75) is 0 Å². The molecule has 0 amide bonds. The van der Waals surface area contributed by atoms with E-state index < -0.39 is 4.92 Å². The first kappa shape index (κ1) is 15.7. The van der Waals surface area contributed by atoms with Crippen LogP contribution in [0.25, 0.3) is 6.08 Å². The van der Waals surface area contributed by atoms with Crippen LogP contribution in [0.3, 0.4) is 0 Å². The summed E-state index contributed by atoms with van der Waals surface area (Å²) in [5.41, 5.74) is 0.784. The molecule has 22 heavy (non-hydrogen) atoms. The minimum atomic E-state index is -0.585. The molecule has 0 heterocycles. The molecule has 2 aromatic carbocycles. The number of methoxy groups -OCH3 is 1. The maximum atomic E-state index is 12.1. The first-order chi connectivity index (χ1) is 10.5. The Morgan fingerprint density at radius 2 is 1.91 bits per heavy atom. The van der Waals surface area contributed by atoms with Gasteiger partial charge in [0.05, 0.1) is 12.0 Å². The van der Waals surface area contributed by atoms with E-state index in [1.165, 1.54) is 31.4 Å². The van der Waals surface area contributed by atoms with Crippen LogP contribution >= 0.6 is 11.6 Å². The summed E-state index contributed by atoms with van der Waals surface area (Å²) in [7, 11) is 1.34. The van der Waals surface area contributed by atoms with Crippen molar-refractivity contribution in [1.29, 1.82) is 0 Å². The van der Waals surface area contributed by atoms with Gasteiger partial charge in [0.1, 0.15) is 0 Å². The van der Waals surface area contributed by atoms with Crippen LogP contribution in [-0.4, -0.2) is 17.8 Å². The molecule has 0 saturated carbocycles. The molecule has 2 rings (SSSR count). The van der Waals surface area contributed by atoms with Gasteiger partial charge in [-0.3, -0.25) is 14.9 Å². The lowest BCUT2D eigenvalue weighted by Gasteiger charge is -2.02. The van der Waals surface area contributed by atoms with Crippen LogP contribution in [0, 0.1) is 10.1 Å². The van der Waals surface area contributed by atoms with Crippen molar-refractivity contribution in [2.24, 2.45) is 0 Å². The number of carbonyl (C=O) groups is 1. The quantitative estimate of drug-likeness (QED) is 0.359. The van der Waals surface area contributed by atoms with Gasteiger partial charge in [-0.1, -0.05) is 29.8 Å². The standard InChI is InChI=1S/C16H12ClNO4/c1-22-16-9-5-12(10-14(16)18(20)21)15(19)8-4-11-2-6-13(17)7-3-11/h2-10H,1H3. The molecule has 0 radical (unpaired) electrons. The van der Waals surface area contributed by atoms with Crippen LogP contribution < -0.4 is 4.74 Å². The molecule has 2 aromatic rings. The molecule has 0 N–H and O–H groups in total. The first-order valence-corrected chi connectivity index (χ1v) is 6.69. The highest BCUT2D eigenvalue weighted by molar-refractivity contribution is 6.30. The third-order valence-electron chi connectivity index (χ3n) is 2.96. The summed E-state index contributed by atoms with van der Waals surface area (Å²) in [6.07, 6.45) is 2.98. The van der Waals surface area contributed by atoms with Crippen molar-refractivity contribution in [2.75, 3.05) is 7.11 Å². The largest absolute Gasteiger partial charge is 0.490 e. The van der Waals surface area contributed by atoms with Gasteiger partial charge in [-0.2, -0.15) is 0 Å². The predicted octanol–water partition coefficient (Wildman–Crippen LogP) is 4.15. The summed E-state index contributed by atoms with van der Waals surface area (Å²) in [5, 5.41) is 11.6. The van der Waals surface area contributed by atoms with E-state index in [9.17, 15) is 14.9 Å². The van der Waals surface area contributed by atoms with Gasteiger partial charge in [-0.05, 0) is 35.9 Å². The number of nitro groups is 1. The zero-order valence-electron chi connectivity index (χ0n) is 11.7. The molecule has 0 fully saturated rings. The van der Waals surface area contributed by atoms with Gasteiger partial charge >= 0.3 is 5.69 Å². The number of hydrogen-bond acceptors (Lipinski definition) is 4. The molecule has 0 atom stereocenters. The van der Waals surface area contributed by atoms with Crippen LogP contribution in [0.15, 0.2) is 48.5 Å². The summed E-state index contributed by atoms with van der Waals surface area (Å²) >= 11 is 5.78. The summed E-state index contributed by atoms with van der Waals surface area (Å²) in [4.78, 5) is 22.4. The van der Waals surface area contributed by atoms with Crippen molar-refractivity contribution >= 4 is 29.1 Å². The average Bonchev–Trinajstić information content (AvgIpc) is 2.53. The second-order valence-electron chi connectivity index (χ2n) is 4.39. The number of halogens is 1. The molecular weight excluding hydrogens is 306 g/mol. The second-order valence-corrected chi connectivity index (χ2v) is 4.83. The Kier molecular flexibility index (Phi) is 4.91. The molecule has 0 aromatic heterocycles. The number of carbonyl (C=O) groups excluding carboxylic acids is 1. The van der Waals surface area contributed by atoms with Crippen LogP contribution in [0.2, 0.25) is 5.02 Å². The molecule has 0 unspecified atom stereocenters. The van der Waals surface area contributed by atoms with Crippen LogP contribution in [0.1, 0.15) is 15.9 Å². The molecule has 0 aliphatic heterocycles. The predicted molar refractivity (Wildman–Crippen MR) is 84.5 cm³/mol. The summed E-state index contributed by atoms with van der Waals surface area (Å²) in [6, 6.07) is 11.0. The summed E-state index contributed by atoms with van der Waals surface area (Å²) < 4.78 is 4.90.